The van der Waals surface area contributed by atoms with E-state index in [0.717, 1.165) is 5.69 Å². The molecule has 0 atom stereocenters. The Morgan fingerprint density at radius 1 is 1.67 bits per heavy atom. The number of aromatic nitrogens is 2. The molecule has 0 saturated carbocycles. The molecule has 0 unspecified atom stereocenters. The van der Waals surface area contributed by atoms with Gasteiger partial charge in [-0.15, -0.1) is 0 Å². The molecular formula is C7H10N4S. The SMILES string of the molecule is Cc1nc(N)cc(CNC=S)n1. The Morgan fingerprint density at radius 2 is 2.42 bits per heavy atom. The van der Waals surface area contributed by atoms with Crippen LogP contribution in [0.15, 0.2) is 6.07 Å². The van der Waals surface area contributed by atoms with Gasteiger partial charge in [-0.25, -0.2) is 9.97 Å². The van der Waals surface area contributed by atoms with Gasteiger partial charge in [0.15, 0.2) is 0 Å². The van der Waals surface area contributed by atoms with Crippen LogP contribution < -0.4 is 11.1 Å². The van der Waals surface area contributed by atoms with Crippen molar-refractivity contribution in [2.45, 2.75) is 13.5 Å². The lowest BCUT2D eigenvalue weighted by molar-refractivity contribution is 0.867. The van der Waals surface area contributed by atoms with Crippen LogP contribution in [0.2, 0.25) is 0 Å². The summed E-state index contributed by atoms with van der Waals surface area (Å²) in [5.41, 5.74) is 7.82. The summed E-state index contributed by atoms with van der Waals surface area (Å²) in [6.45, 7) is 2.40. The summed E-state index contributed by atoms with van der Waals surface area (Å²) < 4.78 is 0. The molecule has 0 radical (unpaired) electrons. The monoisotopic (exact) mass is 182 g/mol. The summed E-state index contributed by atoms with van der Waals surface area (Å²) >= 11 is 4.61. The van der Waals surface area contributed by atoms with Crippen molar-refractivity contribution in [3.05, 3.63) is 17.6 Å². The molecule has 0 bridgehead atoms. The highest BCUT2D eigenvalue weighted by Crippen LogP contribution is 2.01. The maximum atomic E-state index is 5.52. The van der Waals surface area contributed by atoms with Crippen molar-refractivity contribution < 1.29 is 0 Å². The number of hydrogen-bond acceptors (Lipinski definition) is 4. The van der Waals surface area contributed by atoms with Gasteiger partial charge in [-0.2, -0.15) is 0 Å². The number of anilines is 1. The van der Waals surface area contributed by atoms with Gasteiger partial charge in [-0.1, -0.05) is 12.2 Å². The molecule has 12 heavy (non-hydrogen) atoms. The van der Waals surface area contributed by atoms with E-state index in [4.69, 9.17) is 5.73 Å². The molecule has 0 amide bonds. The van der Waals surface area contributed by atoms with E-state index in [9.17, 15) is 0 Å². The molecule has 64 valence electrons. The first-order valence-electron chi connectivity index (χ1n) is 3.49. The molecular weight excluding hydrogens is 172 g/mol. The van der Waals surface area contributed by atoms with E-state index in [1.54, 1.807) is 13.0 Å². The quantitative estimate of drug-likeness (QED) is 0.663. The molecule has 0 aliphatic heterocycles. The second-order valence-electron chi connectivity index (χ2n) is 2.33. The Bertz CT molecular complexity index is 266. The smallest absolute Gasteiger partial charge is 0.127 e. The van der Waals surface area contributed by atoms with Crippen molar-refractivity contribution >= 4 is 23.5 Å². The van der Waals surface area contributed by atoms with Gasteiger partial charge < -0.3 is 11.1 Å². The lowest BCUT2D eigenvalue weighted by Gasteiger charge is -2.01. The third-order valence-electron chi connectivity index (χ3n) is 1.28. The zero-order chi connectivity index (χ0) is 8.97. The van der Waals surface area contributed by atoms with Gasteiger partial charge in [0.2, 0.25) is 0 Å². The Labute approximate surface area is 76.2 Å². The number of nitrogens with two attached hydrogens (primary N) is 1. The first-order chi connectivity index (χ1) is 5.72. The van der Waals surface area contributed by atoms with Crippen molar-refractivity contribution in [3.8, 4) is 0 Å². The number of thiocarbonyl (C=S) groups is 1. The number of nitrogen functional groups attached to an aromatic ring is 1. The third kappa shape index (κ3) is 2.43. The van der Waals surface area contributed by atoms with Crippen molar-refractivity contribution in [1.82, 2.24) is 15.3 Å². The van der Waals surface area contributed by atoms with Gasteiger partial charge in [0.05, 0.1) is 17.7 Å². The summed E-state index contributed by atoms with van der Waals surface area (Å²) in [4.78, 5) is 8.10. The van der Waals surface area contributed by atoms with Crippen LogP contribution in [0, 0.1) is 6.92 Å². The lowest BCUT2D eigenvalue weighted by Crippen LogP contribution is -2.11. The van der Waals surface area contributed by atoms with E-state index in [1.807, 2.05) is 0 Å². The Morgan fingerprint density at radius 3 is 3.00 bits per heavy atom. The van der Waals surface area contributed by atoms with Crippen LogP contribution in [0.3, 0.4) is 0 Å². The highest BCUT2D eigenvalue weighted by Gasteiger charge is 1.96. The predicted molar refractivity (Wildman–Crippen MR) is 51.7 cm³/mol. The Balaban J connectivity index is 2.78. The van der Waals surface area contributed by atoms with E-state index in [0.29, 0.717) is 18.2 Å². The van der Waals surface area contributed by atoms with Crippen LogP contribution >= 0.6 is 12.2 Å². The minimum Gasteiger partial charge on any atom is -0.384 e. The first kappa shape index (κ1) is 8.86. The second kappa shape index (κ2) is 3.96. The molecule has 0 spiro atoms. The second-order valence-corrected chi connectivity index (χ2v) is 2.57. The maximum absolute atomic E-state index is 5.52. The minimum absolute atomic E-state index is 0.490. The van der Waals surface area contributed by atoms with Gasteiger partial charge in [-0.05, 0) is 6.92 Å². The standard InChI is InChI=1S/C7H10N4S/c1-5-10-6(3-9-4-12)2-7(8)11-5/h2,4H,3H2,1H3,(H,9,12)(H2,8,10,11). The van der Waals surface area contributed by atoms with Crippen molar-refractivity contribution in [1.29, 1.82) is 0 Å². The van der Waals surface area contributed by atoms with Gasteiger partial charge in [0, 0.05) is 6.07 Å². The number of rotatable bonds is 3. The molecule has 5 heteroatoms. The van der Waals surface area contributed by atoms with E-state index in [1.165, 1.54) is 5.49 Å². The fourth-order valence-corrected chi connectivity index (χ4v) is 0.975. The van der Waals surface area contributed by atoms with Gasteiger partial charge in [-0.3, -0.25) is 0 Å². The molecule has 0 aromatic carbocycles. The maximum Gasteiger partial charge on any atom is 0.127 e. The van der Waals surface area contributed by atoms with Crippen molar-refractivity contribution in [2.75, 3.05) is 5.73 Å². The van der Waals surface area contributed by atoms with Crippen LogP contribution in [-0.2, 0) is 6.54 Å². The first-order valence-corrected chi connectivity index (χ1v) is 3.96. The Kier molecular flexibility index (Phi) is 2.93. The molecule has 0 aliphatic rings. The highest BCUT2D eigenvalue weighted by atomic mass is 32.1. The number of hydrogen-bond donors (Lipinski definition) is 2. The molecule has 0 fully saturated rings. The third-order valence-corrected chi connectivity index (χ3v) is 1.44. The predicted octanol–water partition coefficient (Wildman–Crippen LogP) is 0.414. The van der Waals surface area contributed by atoms with Gasteiger partial charge in [0.25, 0.3) is 0 Å². The van der Waals surface area contributed by atoms with E-state index in [-0.39, 0.29) is 0 Å². The fraction of sp³-hybridized carbons (Fsp3) is 0.286. The summed E-state index contributed by atoms with van der Waals surface area (Å²) in [5, 5.41) is 2.86. The largest absolute Gasteiger partial charge is 0.384 e. The molecule has 4 nitrogen and oxygen atoms in total. The molecule has 1 heterocycles. The molecule has 0 aliphatic carbocycles. The minimum atomic E-state index is 0.490. The number of aryl methyl sites for hydroxylation is 1. The van der Waals surface area contributed by atoms with Crippen molar-refractivity contribution in [2.24, 2.45) is 0 Å². The van der Waals surface area contributed by atoms with Crippen LogP contribution in [0.4, 0.5) is 5.82 Å². The van der Waals surface area contributed by atoms with Crippen LogP contribution in [0.25, 0.3) is 0 Å². The van der Waals surface area contributed by atoms with Crippen molar-refractivity contribution in [3.63, 3.8) is 0 Å². The molecule has 3 N–H and O–H groups in total. The average molecular weight is 182 g/mol. The van der Waals surface area contributed by atoms with Gasteiger partial charge in [0.1, 0.15) is 11.6 Å². The summed E-state index contributed by atoms with van der Waals surface area (Å²) in [6, 6.07) is 1.72. The van der Waals surface area contributed by atoms with E-state index in [2.05, 4.69) is 27.5 Å². The normalized spacial score (nSPS) is 9.42. The summed E-state index contributed by atoms with van der Waals surface area (Å²) in [7, 11) is 0. The molecule has 1 aromatic rings. The summed E-state index contributed by atoms with van der Waals surface area (Å²) in [6.07, 6.45) is 0. The molecule has 1 aromatic heterocycles. The lowest BCUT2D eigenvalue weighted by atomic mass is 10.4. The average Bonchev–Trinajstić information content (AvgIpc) is 1.99. The van der Waals surface area contributed by atoms with E-state index < -0.39 is 0 Å². The highest BCUT2D eigenvalue weighted by molar-refractivity contribution is 7.78. The number of nitrogens with one attached hydrogen (secondary N) is 1. The van der Waals surface area contributed by atoms with Crippen LogP contribution in [0.1, 0.15) is 11.5 Å². The molecule has 0 saturated heterocycles. The van der Waals surface area contributed by atoms with E-state index >= 15 is 0 Å². The molecule has 1 rings (SSSR count). The number of nitrogens with zero attached hydrogens (tertiary/aromatic N) is 2. The summed E-state index contributed by atoms with van der Waals surface area (Å²) in [5.74, 6) is 1.17. The fourth-order valence-electron chi connectivity index (χ4n) is 0.892. The zero-order valence-corrected chi connectivity index (χ0v) is 7.56. The van der Waals surface area contributed by atoms with Gasteiger partial charge >= 0.3 is 0 Å². The van der Waals surface area contributed by atoms with Crippen LogP contribution in [0.5, 0.6) is 0 Å². The zero-order valence-electron chi connectivity index (χ0n) is 6.74. The topological polar surface area (TPSA) is 63.8 Å². The van der Waals surface area contributed by atoms with Crippen LogP contribution in [-0.4, -0.2) is 15.5 Å². The Hall–Kier alpha value is -1.23.